The molecular weight excluding hydrogens is 472 g/mol. The van der Waals surface area contributed by atoms with Crippen LogP contribution in [0.1, 0.15) is 58.2 Å². The molecular formula is C37H39N2+. The average Bonchev–Trinajstić information content (AvgIpc) is 3.19. The van der Waals surface area contributed by atoms with Crippen molar-refractivity contribution in [2.75, 3.05) is 0 Å². The third-order valence-corrected chi connectivity index (χ3v) is 8.55. The number of aryl methyl sites for hydroxylation is 2. The number of benzene rings is 4. The van der Waals surface area contributed by atoms with Gasteiger partial charge in [0.25, 0.3) is 0 Å². The van der Waals surface area contributed by atoms with Crippen molar-refractivity contribution in [3.05, 3.63) is 83.6 Å². The third kappa shape index (κ3) is 3.57. The number of pyridine rings is 2. The fourth-order valence-electron chi connectivity index (χ4n) is 7.17. The molecule has 2 nitrogen and oxygen atoms in total. The average molecular weight is 512 g/mol. The van der Waals surface area contributed by atoms with Crippen molar-refractivity contribution < 1.29 is 4.57 Å². The van der Waals surface area contributed by atoms with Gasteiger partial charge in [-0.1, -0.05) is 84.0 Å². The van der Waals surface area contributed by atoms with E-state index in [1.54, 1.807) is 0 Å². The monoisotopic (exact) mass is 511 g/mol. The lowest BCUT2D eigenvalue weighted by Crippen LogP contribution is -2.29. The maximum Gasteiger partial charge on any atom is 0.224 e. The molecule has 3 aromatic heterocycles. The Morgan fingerprint density at radius 2 is 1.41 bits per heavy atom. The zero-order valence-electron chi connectivity index (χ0n) is 24.7. The van der Waals surface area contributed by atoms with Crippen LogP contribution in [0.4, 0.5) is 0 Å². The first-order chi connectivity index (χ1) is 18.4. The molecule has 7 rings (SSSR count). The molecule has 0 atom stereocenters. The maximum atomic E-state index is 2.64. The standard InChI is InChI=1S/C37H39N2/c1-22-25-11-9-10-12-26(25)29(21-37(5,6)7)34-31(22)35-32-24(17-18-38(35)8)14-15-27-28-19-23(20-36(2,3)4)13-16-30(28)39(34)33(27)32/h9-19H,20-21H2,1-8H3/q+1. The van der Waals surface area contributed by atoms with Gasteiger partial charge in [0.2, 0.25) is 5.52 Å². The van der Waals surface area contributed by atoms with E-state index < -0.39 is 0 Å². The molecule has 0 fully saturated rings. The van der Waals surface area contributed by atoms with Gasteiger partial charge in [-0.2, -0.15) is 0 Å². The fourth-order valence-corrected chi connectivity index (χ4v) is 7.17. The molecule has 0 aliphatic heterocycles. The van der Waals surface area contributed by atoms with Crippen LogP contribution < -0.4 is 4.57 Å². The summed E-state index contributed by atoms with van der Waals surface area (Å²) in [6, 6.07) is 23.3. The number of nitrogens with zero attached hydrogens (tertiary/aromatic N) is 2. The molecule has 0 aliphatic rings. The van der Waals surface area contributed by atoms with Gasteiger partial charge in [-0.15, -0.1) is 0 Å². The van der Waals surface area contributed by atoms with E-state index in [4.69, 9.17) is 0 Å². The van der Waals surface area contributed by atoms with E-state index in [1.807, 2.05) is 0 Å². The smallest absolute Gasteiger partial charge is 0.224 e. The van der Waals surface area contributed by atoms with E-state index in [1.165, 1.54) is 76.5 Å². The van der Waals surface area contributed by atoms with Crippen LogP contribution in [0, 0.1) is 17.8 Å². The highest BCUT2D eigenvalue weighted by atomic mass is 15.0. The zero-order valence-corrected chi connectivity index (χ0v) is 24.7. The first-order valence-electron chi connectivity index (χ1n) is 14.4. The van der Waals surface area contributed by atoms with Gasteiger partial charge < -0.3 is 4.40 Å². The van der Waals surface area contributed by atoms with Crippen LogP contribution in [0.3, 0.4) is 0 Å². The largest absolute Gasteiger partial charge is 0.307 e. The Labute approximate surface area is 231 Å². The molecule has 3 heterocycles. The number of rotatable bonds is 2. The molecule has 0 saturated carbocycles. The summed E-state index contributed by atoms with van der Waals surface area (Å²) < 4.78 is 4.99. The molecule has 0 radical (unpaired) electrons. The van der Waals surface area contributed by atoms with Crippen molar-refractivity contribution in [2.24, 2.45) is 17.9 Å². The lowest BCUT2D eigenvalue weighted by atomic mass is 9.83. The predicted octanol–water partition coefficient (Wildman–Crippen LogP) is 9.45. The third-order valence-electron chi connectivity index (χ3n) is 8.55. The van der Waals surface area contributed by atoms with Crippen LogP contribution in [-0.2, 0) is 19.9 Å². The number of hydrogen-bond acceptors (Lipinski definition) is 0. The van der Waals surface area contributed by atoms with E-state index in [0.717, 1.165) is 12.8 Å². The van der Waals surface area contributed by atoms with Gasteiger partial charge in [0, 0.05) is 16.8 Å². The highest BCUT2D eigenvalue weighted by Crippen LogP contribution is 2.45. The van der Waals surface area contributed by atoms with Crippen molar-refractivity contribution >= 4 is 59.8 Å². The quantitative estimate of drug-likeness (QED) is 0.124. The van der Waals surface area contributed by atoms with Crippen molar-refractivity contribution in [1.29, 1.82) is 0 Å². The predicted molar refractivity (Wildman–Crippen MR) is 168 cm³/mol. The van der Waals surface area contributed by atoms with Crippen molar-refractivity contribution in [2.45, 2.75) is 61.3 Å². The highest BCUT2D eigenvalue weighted by molar-refractivity contribution is 6.29. The molecule has 0 unspecified atom stereocenters. The Hall–Kier alpha value is -3.65. The zero-order chi connectivity index (χ0) is 27.4. The molecule has 0 amide bonds. The summed E-state index contributed by atoms with van der Waals surface area (Å²) in [6.45, 7) is 16.4. The summed E-state index contributed by atoms with van der Waals surface area (Å²) in [7, 11) is 2.22. The maximum absolute atomic E-state index is 2.64. The number of aromatic nitrogens is 2. The Bertz CT molecular complexity index is 2090. The van der Waals surface area contributed by atoms with Crippen molar-refractivity contribution in [3.8, 4) is 0 Å². The van der Waals surface area contributed by atoms with E-state index in [0.29, 0.717) is 0 Å². The second kappa shape index (κ2) is 7.94. The van der Waals surface area contributed by atoms with Gasteiger partial charge in [-0.05, 0) is 75.6 Å². The Morgan fingerprint density at radius 1 is 0.692 bits per heavy atom. The van der Waals surface area contributed by atoms with Crippen LogP contribution in [0.5, 0.6) is 0 Å². The summed E-state index contributed by atoms with van der Waals surface area (Å²) in [5.74, 6) is 0. The lowest BCUT2D eigenvalue weighted by molar-refractivity contribution is -0.643. The van der Waals surface area contributed by atoms with E-state index in [-0.39, 0.29) is 10.8 Å². The molecule has 0 spiro atoms. The molecule has 0 bridgehead atoms. The first-order valence-corrected chi connectivity index (χ1v) is 14.4. The SMILES string of the molecule is Cc1c2ccccc2c(CC(C)(C)C)c2c1c1c3c(ccc4c5cc(CC(C)(C)C)ccc5n2c43)cc[n+]1C. The summed E-state index contributed by atoms with van der Waals surface area (Å²) in [5, 5.41) is 9.55. The number of fused-ring (bicyclic) bond motifs is 7. The van der Waals surface area contributed by atoms with E-state index in [9.17, 15) is 0 Å². The van der Waals surface area contributed by atoms with Gasteiger partial charge in [0.05, 0.1) is 27.3 Å². The Morgan fingerprint density at radius 3 is 2.13 bits per heavy atom. The summed E-state index contributed by atoms with van der Waals surface area (Å²) in [5.41, 5.74) is 10.0. The Kier molecular flexibility index (Phi) is 4.97. The van der Waals surface area contributed by atoms with Crippen molar-refractivity contribution in [3.63, 3.8) is 0 Å². The van der Waals surface area contributed by atoms with Gasteiger partial charge >= 0.3 is 0 Å². The van der Waals surface area contributed by atoms with Crippen LogP contribution in [-0.4, -0.2) is 4.40 Å². The molecule has 2 heteroatoms. The molecule has 0 N–H and O–H groups in total. The van der Waals surface area contributed by atoms with Gasteiger partial charge in [0.1, 0.15) is 7.05 Å². The van der Waals surface area contributed by atoms with Crippen LogP contribution in [0.25, 0.3) is 59.8 Å². The molecule has 7 aromatic rings. The Balaban J connectivity index is 1.82. The topological polar surface area (TPSA) is 8.29 Å². The number of hydrogen-bond donors (Lipinski definition) is 0. The molecule has 4 aromatic carbocycles. The second-order valence-electron chi connectivity index (χ2n) is 14.2. The minimum atomic E-state index is 0.152. The van der Waals surface area contributed by atoms with Gasteiger partial charge in [-0.25, -0.2) is 4.57 Å². The van der Waals surface area contributed by atoms with E-state index >= 15 is 0 Å². The van der Waals surface area contributed by atoms with Crippen molar-refractivity contribution in [1.82, 2.24) is 4.40 Å². The van der Waals surface area contributed by atoms with Crippen LogP contribution in [0.15, 0.2) is 66.9 Å². The van der Waals surface area contributed by atoms with Crippen LogP contribution >= 0.6 is 0 Å². The normalized spacial score (nSPS) is 13.3. The minimum absolute atomic E-state index is 0.152. The molecule has 0 aliphatic carbocycles. The summed E-state index contributed by atoms with van der Waals surface area (Å²) >= 11 is 0. The van der Waals surface area contributed by atoms with Crippen LogP contribution in [0.2, 0.25) is 0 Å². The molecule has 196 valence electrons. The minimum Gasteiger partial charge on any atom is -0.307 e. The summed E-state index contributed by atoms with van der Waals surface area (Å²) in [6.07, 6.45) is 4.32. The molecule has 0 saturated heterocycles. The van der Waals surface area contributed by atoms with E-state index in [2.05, 4.69) is 131 Å². The molecule has 39 heavy (non-hydrogen) atoms. The van der Waals surface area contributed by atoms with Gasteiger partial charge in [0.15, 0.2) is 6.20 Å². The second-order valence-corrected chi connectivity index (χ2v) is 14.2. The lowest BCUT2D eigenvalue weighted by Gasteiger charge is -2.24. The first kappa shape index (κ1) is 24.4. The fraction of sp³-hybridized carbons (Fsp3) is 0.324. The van der Waals surface area contributed by atoms with Gasteiger partial charge in [-0.3, -0.25) is 0 Å². The highest BCUT2D eigenvalue weighted by Gasteiger charge is 2.28. The summed E-state index contributed by atoms with van der Waals surface area (Å²) in [4.78, 5) is 0.